The smallest absolute Gasteiger partial charge is 0.407 e. The van der Waals surface area contributed by atoms with Crippen LogP contribution in [-0.4, -0.2) is 12.6 Å². The molecule has 0 radical (unpaired) electrons. The maximum absolute atomic E-state index is 10.8. The van der Waals surface area contributed by atoms with Crippen molar-refractivity contribution in [2.75, 3.05) is 6.54 Å². The number of hydrogen-bond acceptors (Lipinski definition) is 3. The third kappa shape index (κ3) is 1.43. The van der Waals surface area contributed by atoms with Crippen molar-refractivity contribution >= 4 is 17.4 Å². The second-order valence-electron chi connectivity index (χ2n) is 2.62. The highest BCUT2D eigenvalue weighted by Crippen LogP contribution is 2.26. The first-order valence-corrected chi connectivity index (χ1v) is 4.72. The number of rotatable bonds is 1. The first kappa shape index (κ1) is 7.61. The van der Waals surface area contributed by atoms with Gasteiger partial charge in [0.2, 0.25) is 0 Å². The molecule has 3 nitrogen and oxygen atoms in total. The molecule has 0 spiro atoms. The highest BCUT2D eigenvalue weighted by atomic mass is 32.1. The summed E-state index contributed by atoms with van der Waals surface area (Å²) in [5.41, 5.74) is 0. The maximum atomic E-state index is 10.8. The summed E-state index contributed by atoms with van der Waals surface area (Å²) in [6.07, 6.45) is 0.533. The fraction of sp³-hybridized carbons (Fsp3) is 0.375. The molecule has 1 aliphatic rings. The van der Waals surface area contributed by atoms with Gasteiger partial charge in [0.25, 0.3) is 0 Å². The van der Waals surface area contributed by atoms with Crippen molar-refractivity contribution in [1.29, 1.82) is 0 Å². The minimum Gasteiger partial charge on any atom is -0.440 e. The van der Waals surface area contributed by atoms with Gasteiger partial charge in [-0.2, -0.15) is 0 Å². The molecular formula is C8H9NO2S. The van der Waals surface area contributed by atoms with Gasteiger partial charge in [-0.05, 0) is 11.4 Å². The van der Waals surface area contributed by atoms with Gasteiger partial charge in [-0.25, -0.2) is 4.79 Å². The predicted octanol–water partition coefficient (Wildman–Crippen LogP) is 1.92. The van der Waals surface area contributed by atoms with Crippen LogP contribution in [0.5, 0.6) is 0 Å². The van der Waals surface area contributed by atoms with E-state index >= 15 is 0 Å². The molecule has 1 saturated heterocycles. The lowest BCUT2D eigenvalue weighted by molar-refractivity contribution is 0.0758. The van der Waals surface area contributed by atoms with Gasteiger partial charge in [0, 0.05) is 17.8 Å². The highest BCUT2D eigenvalue weighted by molar-refractivity contribution is 7.10. The lowest BCUT2D eigenvalue weighted by Gasteiger charge is -2.21. The molecule has 2 rings (SSSR count). The molecule has 1 aromatic heterocycles. The molecule has 0 saturated carbocycles. The summed E-state index contributed by atoms with van der Waals surface area (Å²) in [5.74, 6) is 0. The number of carbonyl (C=O) groups excluding carboxylic acids is 1. The molecule has 0 aliphatic carbocycles. The van der Waals surface area contributed by atoms with E-state index in [-0.39, 0.29) is 12.2 Å². The first-order chi connectivity index (χ1) is 5.86. The summed E-state index contributed by atoms with van der Waals surface area (Å²) in [5, 5.41) is 4.61. The second-order valence-corrected chi connectivity index (χ2v) is 3.60. The largest absolute Gasteiger partial charge is 0.440 e. The second kappa shape index (κ2) is 3.15. The van der Waals surface area contributed by atoms with Crippen LogP contribution in [0.4, 0.5) is 4.79 Å². The Kier molecular flexibility index (Phi) is 1.99. The Labute approximate surface area is 74.4 Å². The minimum atomic E-state index is -0.306. The van der Waals surface area contributed by atoms with Crippen molar-refractivity contribution in [2.45, 2.75) is 12.5 Å². The van der Waals surface area contributed by atoms with Crippen LogP contribution >= 0.6 is 11.3 Å². The summed E-state index contributed by atoms with van der Waals surface area (Å²) in [6.45, 7) is 0.710. The Morgan fingerprint density at radius 3 is 3.25 bits per heavy atom. The minimum absolute atomic E-state index is 0.0289. The van der Waals surface area contributed by atoms with Crippen LogP contribution in [0.25, 0.3) is 0 Å². The normalized spacial score (nSPS) is 23.0. The Morgan fingerprint density at radius 1 is 1.67 bits per heavy atom. The summed E-state index contributed by atoms with van der Waals surface area (Å²) in [7, 11) is 0. The summed E-state index contributed by atoms with van der Waals surface area (Å²) in [6, 6.07) is 3.96. The molecule has 0 aromatic carbocycles. The summed E-state index contributed by atoms with van der Waals surface area (Å²) < 4.78 is 5.09. The van der Waals surface area contributed by atoms with Crippen molar-refractivity contribution < 1.29 is 9.53 Å². The average Bonchev–Trinajstić information content (AvgIpc) is 2.56. The zero-order chi connectivity index (χ0) is 8.39. The number of thiophene rings is 1. The van der Waals surface area contributed by atoms with Crippen LogP contribution in [0, 0.1) is 0 Å². The van der Waals surface area contributed by atoms with Crippen LogP contribution in [0.2, 0.25) is 0 Å². The quantitative estimate of drug-likeness (QED) is 0.722. The van der Waals surface area contributed by atoms with Gasteiger partial charge >= 0.3 is 6.09 Å². The molecule has 1 fully saturated rings. The van der Waals surface area contributed by atoms with E-state index in [1.165, 1.54) is 0 Å². The van der Waals surface area contributed by atoms with Gasteiger partial charge in [0.05, 0.1) is 0 Å². The Hall–Kier alpha value is -1.03. The molecule has 1 aliphatic heterocycles. The summed E-state index contributed by atoms with van der Waals surface area (Å²) in [4.78, 5) is 12.0. The molecule has 1 N–H and O–H groups in total. The highest BCUT2D eigenvalue weighted by Gasteiger charge is 2.21. The van der Waals surface area contributed by atoms with E-state index in [0.29, 0.717) is 6.54 Å². The molecule has 64 valence electrons. The molecule has 1 aromatic rings. The van der Waals surface area contributed by atoms with Crippen molar-refractivity contribution in [3.05, 3.63) is 22.4 Å². The molecule has 1 amide bonds. The zero-order valence-electron chi connectivity index (χ0n) is 6.45. The first-order valence-electron chi connectivity index (χ1n) is 3.84. The monoisotopic (exact) mass is 183 g/mol. The molecule has 4 heteroatoms. The molecule has 1 atom stereocenters. The van der Waals surface area contributed by atoms with E-state index in [0.717, 1.165) is 11.3 Å². The van der Waals surface area contributed by atoms with E-state index in [1.807, 2.05) is 17.5 Å². The predicted molar refractivity (Wildman–Crippen MR) is 46.2 cm³/mol. The Balaban J connectivity index is 2.09. The topological polar surface area (TPSA) is 38.3 Å². The average molecular weight is 183 g/mol. The third-order valence-corrected chi connectivity index (χ3v) is 2.75. The van der Waals surface area contributed by atoms with Gasteiger partial charge in [0.15, 0.2) is 0 Å². The summed E-state index contributed by atoms with van der Waals surface area (Å²) >= 11 is 1.63. The lowest BCUT2D eigenvalue weighted by Crippen LogP contribution is -2.33. The fourth-order valence-electron chi connectivity index (χ4n) is 1.21. The van der Waals surface area contributed by atoms with Gasteiger partial charge in [-0.3, -0.25) is 0 Å². The lowest BCUT2D eigenvalue weighted by atomic mass is 10.2. The van der Waals surface area contributed by atoms with Gasteiger partial charge in [-0.1, -0.05) is 6.07 Å². The van der Waals surface area contributed by atoms with Crippen LogP contribution in [-0.2, 0) is 4.74 Å². The Bertz CT molecular complexity index is 271. The SMILES string of the molecule is O=C1NCC[C@@H](c2cccs2)O1. The van der Waals surface area contributed by atoms with Crippen molar-refractivity contribution in [3.8, 4) is 0 Å². The number of alkyl carbamates (subject to hydrolysis) is 1. The number of carbonyl (C=O) groups is 1. The fourth-order valence-corrected chi connectivity index (χ4v) is 2.00. The molecule has 0 unspecified atom stereocenters. The number of hydrogen-bond donors (Lipinski definition) is 1. The maximum Gasteiger partial charge on any atom is 0.407 e. The standard InChI is InChI=1S/C8H9NO2S/c10-8-9-4-3-6(11-8)7-2-1-5-12-7/h1-2,5-6H,3-4H2,(H,9,10)/t6-/m0/s1. The van der Waals surface area contributed by atoms with Crippen LogP contribution < -0.4 is 5.32 Å². The number of cyclic esters (lactones) is 1. The number of amides is 1. The van der Waals surface area contributed by atoms with E-state index in [9.17, 15) is 4.79 Å². The van der Waals surface area contributed by atoms with Gasteiger partial charge in [0.1, 0.15) is 6.10 Å². The van der Waals surface area contributed by atoms with Gasteiger partial charge < -0.3 is 10.1 Å². The van der Waals surface area contributed by atoms with Crippen molar-refractivity contribution in [1.82, 2.24) is 5.32 Å². The van der Waals surface area contributed by atoms with Crippen LogP contribution in [0.3, 0.4) is 0 Å². The molecule has 12 heavy (non-hydrogen) atoms. The number of nitrogens with one attached hydrogen (secondary N) is 1. The van der Waals surface area contributed by atoms with Gasteiger partial charge in [-0.15, -0.1) is 11.3 Å². The van der Waals surface area contributed by atoms with Crippen molar-refractivity contribution in [2.24, 2.45) is 0 Å². The molecular weight excluding hydrogens is 174 g/mol. The van der Waals surface area contributed by atoms with Crippen LogP contribution in [0.1, 0.15) is 17.4 Å². The third-order valence-electron chi connectivity index (χ3n) is 1.79. The van der Waals surface area contributed by atoms with E-state index in [2.05, 4.69) is 5.32 Å². The van der Waals surface area contributed by atoms with Crippen LogP contribution in [0.15, 0.2) is 17.5 Å². The van der Waals surface area contributed by atoms with E-state index in [4.69, 9.17) is 4.74 Å². The molecule has 2 heterocycles. The van der Waals surface area contributed by atoms with Crippen molar-refractivity contribution in [3.63, 3.8) is 0 Å². The number of ether oxygens (including phenoxy) is 1. The van der Waals surface area contributed by atoms with E-state index < -0.39 is 0 Å². The Morgan fingerprint density at radius 2 is 2.58 bits per heavy atom. The molecule has 0 bridgehead atoms. The zero-order valence-corrected chi connectivity index (χ0v) is 7.26. The van der Waals surface area contributed by atoms with E-state index in [1.54, 1.807) is 11.3 Å².